The minimum absolute atomic E-state index is 0. The molecule has 1 rings (SSSR count). The van der Waals surface area contributed by atoms with Crippen LogP contribution in [0.4, 0.5) is 0 Å². The minimum Gasteiger partial charge on any atom is -0.382 e. The number of nitrogens with zero attached hydrogens (tertiary/aromatic N) is 1. The largest absolute Gasteiger partial charge is 0.382 e. The molecule has 21 heavy (non-hydrogen) atoms. The summed E-state index contributed by atoms with van der Waals surface area (Å²) in [4.78, 5) is 15.9. The summed E-state index contributed by atoms with van der Waals surface area (Å²) in [6.45, 7) is 8.42. The number of amides is 1. The number of ether oxygens (including phenoxy) is 1. The fourth-order valence-corrected chi connectivity index (χ4v) is 1.70. The van der Waals surface area contributed by atoms with Crippen molar-refractivity contribution in [3.63, 3.8) is 0 Å². The van der Waals surface area contributed by atoms with Gasteiger partial charge in [-0.2, -0.15) is 0 Å². The topological polar surface area (TPSA) is 74.8 Å². The van der Waals surface area contributed by atoms with Gasteiger partial charge in [0.25, 0.3) is 0 Å². The Kier molecular flexibility index (Phi) is 12.8. The van der Waals surface area contributed by atoms with E-state index in [2.05, 4.69) is 20.9 Å². The van der Waals surface area contributed by atoms with Gasteiger partial charge in [-0.25, -0.2) is 0 Å². The maximum Gasteiger partial charge on any atom is 0.223 e. The zero-order valence-corrected chi connectivity index (χ0v) is 15.4. The highest BCUT2D eigenvalue weighted by molar-refractivity contribution is 14.0. The van der Waals surface area contributed by atoms with E-state index in [-0.39, 0.29) is 35.8 Å². The van der Waals surface area contributed by atoms with Crippen LogP contribution < -0.4 is 16.0 Å². The normalized spacial score (nSPS) is 14.3. The highest BCUT2D eigenvalue weighted by atomic mass is 127. The third kappa shape index (κ3) is 10.8. The van der Waals surface area contributed by atoms with E-state index in [4.69, 9.17) is 4.74 Å². The predicted molar refractivity (Wildman–Crippen MR) is 96.2 cm³/mol. The summed E-state index contributed by atoms with van der Waals surface area (Å²) in [6, 6.07) is 0. The summed E-state index contributed by atoms with van der Waals surface area (Å²) < 4.78 is 5.27. The maximum atomic E-state index is 11.4. The SMILES string of the molecule is CCNC(=NCCCOCC)NCCNC(=O)C1CC1.I. The maximum absolute atomic E-state index is 11.4. The fraction of sp³-hybridized carbons (Fsp3) is 0.857. The number of guanidine groups is 1. The zero-order chi connectivity index (χ0) is 14.6. The molecule has 1 aliphatic rings. The molecule has 0 saturated heterocycles. The van der Waals surface area contributed by atoms with Crippen LogP contribution in [0.2, 0.25) is 0 Å². The van der Waals surface area contributed by atoms with Crippen molar-refractivity contribution in [2.45, 2.75) is 33.1 Å². The molecule has 0 bridgehead atoms. The quantitative estimate of drug-likeness (QED) is 0.218. The number of aliphatic imine (C=N–C) groups is 1. The first-order valence-electron chi connectivity index (χ1n) is 7.65. The number of halogens is 1. The van der Waals surface area contributed by atoms with Crippen LogP contribution in [0, 0.1) is 5.92 Å². The summed E-state index contributed by atoms with van der Waals surface area (Å²) in [7, 11) is 0. The third-order valence-electron chi connectivity index (χ3n) is 2.93. The summed E-state index contributed by atoms with van der Waals surface area (Å²) in [5.74, 6) is 1.26. The Labute approximate surface area is 144 Å². The smallest absolute Gasteiger partial charge is 0.223 e. The van der Waals surface area contributed by atoms with Gasteiger partial charge in [-0.05, 0) is 33.1 Å². The van der Waals surface area contributed by atoms with Gasteiger partial charge in [0.2, 0.25) is 5.91 Å². The van der Waals surface area contributed by atoms with Crippen LogP contribution in [0.3, 0.4) is 0 Å². The number of carbonyl (C=O) groups is 1. The van der Waals surface area contributed by atoms with Gasteiger partial charge < -0.3 is 20.7 Å². The average Bonchev–Trinajstić information content (AvgIpc) is 3.27. The minimum atomic E-state index is 0. The molecule has 1 saturated carbocycles. The van der Waals surface area contributed by atoms with Crippen LogP contribution in [0.25, 0.3) is 0 Å². The zero-order valence-electron chi connectivity index (χ0n) is 13.1. The number of carbonyl (C=O) groups excluding carboxylic acids is 1. The lowest BCUT2D eigenvalue weighted by molar-refractivity contribution is -0.122. The van der Waals surface area contributed by atoms with Gasteiger partial charge in [0, 0.05) is 45.3 Å². The summed E-state index contributed by atoms with van der Waals surface area (Å²) in [5.41, 5.74) is 0. The first kappa shape index (κ1) is 20.4. The Bertz CT molecular complexity index is 309. The standard InChI is InChI=1S/C14H28N4O2.HI/c1-3-15-14(17-8-5-11-20-4-2)18-10-9-16-13(19)12-6-7-12;/h12H,3-11H2,1-2H3,(H,16,19)(H2,15,17,18);1H. The van der Waals surface area contributed by atoms with E-state index in [9.17, 15) is 4.79 Å². The molecule has 6 nitrogen and oxygen atoms in total. The van der Waals surface area contributed by atoms with Gasteiger partial charge in [-0.3, -0.25) is 9.79 Å². The number of hydrogen-bond donors (Lipinski definition) is 3. The first-order chi connectivity index (χ1) is 9.77. The van der Waals surface area contributed by atoms with Gasteiger partial charge >= 0.3 is 0 Å². The lowest BCUT2D eigenvalue weighted by Crippen LogP contribution is -2.41. The Balaban J connectivity index is 0.00000400. The molecule has 3 N–H and O–H groups in total. The predicted octanol–water partition coefficient (Wildman–Crippen LogP) is 1.11. The second-order valence-corrected chi connectivity index (χ2v) is 4.80. The van der Waals surface area contributed by atoms with E-state index in [0.717, 1.165) is 51.5 Å². The first-order valence-corrected chi connectivity index (χ1v) is 7.65. The Morgan fingerprint density at radius 3 is 2.52 bits per heavy atom. The average molecular weight is 412 g/mol. The van der Waals surface area contributed by atoms with Gasteiger partial charge in [-0.15, -0.1) is 24.0 Å². The van der Waals surface area contributed by atoms with Gasteiger partial charge in [0.1, 0.15) is 0 Å². The molecule has 0 spiro atoms. The van der Waals surface area contributed by atoms with Crippen molar-refractivity contribution in [2.75, 3.05) is 39.4 Å². The summed E-state index contributed by atoms with van der Waals surface area (Å²) in [5, 5.41) is 9.31. The van der Waals surface area contributed by atoms with E-state index in [1.807, 2.05) is 13.8 Å². The monoisotopic (exact) mass is 412 g/mol. The second-order valence-electron chi connectivity index (χ2n) is 4.80. The molecule has 1 amide bonds. The number of hydrogen-bond acceptors (Lipinski definition) is 3. The Morgan fingerprint density at radius 1 is 1.19 bits per heavy atom. The highest BCUT2D eigenvalue weighted by Gasteiger charge is 2.28. The lowest BCUT2D eigenvalue weighted by atomic mass is 10.4. The van der Waals surface area contributed by atoms with E-state index in [1.54, 1.807) is 0 Å². The van der Waals surface area contributed by atoms with Crippen molar-refractivity contribution in [3.8, 4) is 0 Å². The van der Waals surface area contributed by atoms with Gasteiger partial charge in [0.05, 0.1) is 0 Å². The third-order valence-corrected chi connectivity index (χ3v) is 2.93. The van der Waals surface area contributed by atoms with Crippen LogP contribution in [-0.4, -0.2) is 51.3 Å². The fourth-order valence-electron chi connectivity index (χ4n) is 1.70. The number of nitrogens with one attached hydrogen (secondary N) is 3. The Hall–Kier alpha value is -0.570. The lowest BCUT2D eigenvalue weighted by Gasteiger charge is -2.11. The van der Waals surface area contributed by atoms with Crippen molar-refractivity contribution >= 4 is 35.8 Å². The molecule has 0 unspecified atom stereocenters. The molecule has 0 heterocycles. The van der Waals surface area contributed by atoms with E-state index < -0.39 is 0 Å². The molecule has 0 radical (unpaired) electrons. The summed E-state index contributed by atoms with van der Waals surface area (Å²) in [6.07, 6.45) is 3.01. The molecule has 0 atom stereocenters. The van der Waals surface area contributed by atoms with Crippen LogP contribution in [-0.2, 0) is 9.53 Å². The summed E-state index contributed by atoms with van der Waals surface area (Å²) >= 11 is 0. The van der Waals surface area contributed by atoms with Crippen molar-refractivity contribution in [3.05, 3.63) is 0 Å². The Morgan fingerprint density at radius 2 is 1.90 bits per heavy atom. The molecular weight excluding hydrogens is 383 g/mol. The van der Waals surface area contributed by atoms with E-state index in [1.165, 1.54) is 0 Å². The van der Waals surface area contributed by atoms with Gasteiger partial charge in [0.15, 0.2) is 5.96 Å². The van der Waals surface area contributed by atoms with Crippen LogP contribution >= 0.6 is 24.0 Å². The molecular formula is C14H29IN4O2. The van der Waals surface area contributed by atoms with Crippen molar-refractivity contribution in [1.29, 1.82) is 0 Å². The van der Waals surface area contributed by atoms with Crippen LogP contribution in [0.5, 0.6) is 0 Å². The molecule has 1 aliphatic carbocycles. The van der Waals surface area contributed by atoms with Gasteiger partial charge in [-0.1, -0.05) is 0 Å². The van der Waals surface area contributed by atoms with E-state index >= 15 is 0 Å². The molecule has 7 heteroatoms. The molecule has 0 aromatic heterocycles. The second kappa shape index (κ2) is 13.1. The van der Waals surface area contributed by atoms with Crippen LogP contribution in [0.15, 0.2) is 4.99 Å². The molecule has 1 fully saturated rings. The van der Waals surface area contributed by atoms with Crippen molar-refractivity contribution < 1.29 is 9.53 Å². The molecule has 0 aromatic rings. The van der Waals surface area contributed by atoms with Crippen molar-refractivity contribution in [1.82, 2.24) is 16.0 Å². The molecule has 0 aromatic carbocycles. The molecule has 0 aliphatic heterocycles. The highest BCUT2D eigenvalue weighted by Crippen LogP contribution is 2.28. The number of rotatable bonds is 10. The van der Waals surface area contributed by atoms with E-state index in [0.29, 0.717) is 13.1 Å². The van der Waals surface area contributed by atoms with Crippen LogP contribution in [0.1, 0.15) is 33.1 Å². The molecule has 124 valence electrons. The van der Waals surface area contributed by atoms with Crippen molar-refractivity contribution in [2.24, 2.45) is 10.9 Å².